The van der Waals surface area contributed by atoms with Crippen molar-refractivity contribution in [2.75, 3.05) is 37.8 Å². The van der Waals surface area contributed by atoms with Crippen molar-refractivity contribution in [2.24, 2.45) is 0 Å². The lowest BCUT2D eigenvalue weighted by atomic mass is 10.6. The molecular weight excluding hydrogens is 202 g/mol. The topological polar surface area (TPSA) is 55.4 Å². The third-order valence-electron chi connectivity index (χ3n) is 1.73. The molecule has 0 aliphatic carbocycles. The van der Waals surface area contributed by atoms with Crippen LogP contribution in [0.15, 0.2) is 0 Å². The molecule has 0 aromatic rings. The van der Waals surface area contributed by atoms with Gasteiger partial charge in [0.05, 0.1) is 19.0 Å². The Hall–Kier alpha value is -0.130. The first-order chi connectivity index (χ1) is 6.62. The monoisotopic (exact) mass is 223 g/mol. The average Bonchev–Trinajstić information content (AvgIpc) is 2.11. The first-order valence-corrected chi connectivity index (χ1v) is 6.93. The average molecular weight is 223 g/mol. The van der Waals surface area contributed by atoms with Crippen LogP contribution in [0.25, 0.3) is 0 Å². The number of rotatable bonds is 9. The quantitative estimate of drug-likeness (QED) is 0.576. The molecule has 0 spiro atoms. The summed E-state index contributed by atoms with van der Waals surface area (Å²) in [7, 11) is -2.87. The van der Waals surface area contributed by atoms with Crippen LogP contribution in [-0.4, -0.2) is 46.2 Å². The fourth-order valence-electron chi connectivity index (χ4n) is 1.02. The van der Waals surface area contributed by atoms with Gasteiger partial charge in [-0.3, -0.25) is 0 Å². The summed E-state index contributed by atoms with van der Waals surface area (Å²) >= 11 is 0. The molecule has 0 radical (unpaired) electrons. The molecule has 0 unspecified atom stereocenters. The van der Waals surface area contributed by atoms with Crippen LogP contribution in [0, 0.1) is 0 Å². The molecule has 0 bridgehead atoms. The Morgan fingerprint density at radius 1 is 1.14 bits per heavy atom. The van der Waals surface area contributed by atoms with Gasteiger partial charge in [-0.15, -0.1) is 0 Å². The minimum Gasteiger partial charge on any atom is -0.379 e. The zero-order valence-corrected chi connectivity index (χ0v) is 9.90. The molecule has 0 saturated carbocycles. The molecule has 86 valence electrons. The van der Waals surface area contributed by atoms with Gasteiger partial charge < -0.3 is 10.1 Å². The van der Waals surface area contributed by atoms with Crippen LogP contribution < -0.4 is 5.32 Å². The van der Waals surface area contributed by atoms with Gasteiger partial charge in [0.1, 0.15) is 0 Å². The van der Waals surface area contributed by atoms with E-state index < -0.39 is 9.84 Å². The maximum Gasteiger partial charge on any atom is 0.152 e. The first-order valence-electron chi connectivity index (χ1n) is 5.11. The fourth-order valence-corrected chi connectivity index (χ4v) is 2.22. The van der Waals surface area contributed by atoms with Gasteiger partial charge in [0.2, 0.25) is 0 Å². The van der Waals surface area contributed by atoms with Crippen molar-refractivity contribution in [2.45, 2.75) is 20.3 Å². The van der Waals surface area contributed by atoms with E-state index >= 15 is 0 Å². The van der Waals surface area contributed by atoms with Crippen molar-refractivity contribution in [3.63, 3.8) is 0 Å². The van der Waals surface area contributed by atoms with Crippen molar-refractivity contribution in [3.8, 4) is 0 Å². The van der Waals surface area contributed by atoms with Gasteiger partial charge in [-0.05, 0) is 13.0 Å². The Morgan fingerprint density at radius 2 is 1.86 bits per heavy atom. The number of hydrogen-bond donors (Lipinski definition) is 1. The van der Waals surface area contributed by atoms with Gasteiger partial charge in [-0.2, -0.15) is 0 Å². The van der Waals surface area contributed by atoms with Crippen molar-refractivity contribution >= 4 is 9.84 Å². The zero-order valence-electron chi connectivity index (χ0n) is 9.08. The second-order valence-electron chi connectivity index (χ2n) is 3.12. The van der Waals surface area contributed by atoms with Crippen LogP contribution in [0.2, 0.25) is 0 Å². The lowest BCUT2D eigenvalue weighted by molar-refractivity contribution is 0.151. The van der Waals surface area contributed by atoms with Crippen LogP contribution in [-0.2, 0) is 14.6 Å². The highest BCUT2D eigenvalue weighted by Gasteiger charge is 2.08. The van der Waals surface area contributed by atoms with Gasteiger partial charge >= 0.3 is 0 Å². The van der Waals surface area contributed by atoms with E-state index in [1.807, 2.05) is 13.8 Å². The molecule has 0 aromatic heterocycles. The van der Waals surface area contributed by atoms with E-state index in [1.165, 1.54) is 0 Å². The zero-order chi connectivity index (χ0) is 10.9. The summed E-state index contributed by atoms with van der Waals surface area (Å²) in [6.45, 7) is 6.47. The van der Waals surface area contributed by atoms with Gasteiger partial charge in [-0.25, -0.2) is 8.42 Å². The van der Waals surface area contributed by atoms with Crippen LogP contribution >= 0.6 is 0 Å². The lowest BCUT2D eigenvalue weighted by Crippen LogP contribution is -2.21. The predicted molar refractivity (Wildman–Crippen MR) is 58.3 cm³/mol. The number of likely N-dealkylation sites (N-methyl/N-ethyl adjacent to an activating group) is 1. The summed E-state index contributed by atoms with van der Waals surface area (Å²) < 4.78 is 27.6. The normalized spacial score (nSPS) is 11.9. The van der Waals surface area contributed by atoms with E-state index in [4.69, 9.17) is 4.74 Å². The van der Waals surface area contributed by atoms with Gasteiger partial charge in [-0.1, -0.05) is 13.8 Å². The van der Waals surface area contributed by atoms with Crippen molar-refractivity contribution < 1.29 is 13.2 Å². The molecule has 1 N–H and O–H groups in total. The molecular formula is C9H21NO3S. The van der Waals surface area contributed by atoms with Crippen LogP contribution in [0.5, 0.6) is 0 Å². The summed E-state index contributed by atoms with van der Waals surface area (Å²) in [5.41, 5.74) is 0. The SMILES string of the molecule is CCCS(=O)(=O)CCOCCNCC. The molecule has 14 heavy (non-hydrogen) atoms. The summed E-state index contributed by atoms with van der Waals surface area (Å²) in [5.74, 6) is 0.413. The Balaban J connectivity index is 3.35. The van der Waals surface area contributed by atoms with E-state index in [-0.39, 0.29) is 11.5 Å². The molecule has 0 aliphatic heterocycles. The Bertz CT molecular complexity index is 214. The van der Waals surface area contributed by atoms with E-state index in [0.717, 1.165) is 13.1 Å². The number of hydrogen-bond acceptors (Lipinski definition) is 4. The van der Waals surface area contributed by atoms with Crippen molar-refractivity contribution in [3.05, 3.63) is 0 Å². The molecule has 5 heteroatoms. The maximum atomic E-state index is 11.2. The third kappa shape index (κ3) is 8.47. The fraction of sp³-hybridized carbons (Fsp3) is 1.00. The molecule has 0 saturated heterocycles. The minimum atomic E-state index is -2.87. The maximum absolute atomic E-state index is 11.2. The van der Waals surface area contributed by atoms with Crippen LogP contribution in [0.1, 0.15) is 20.3 Å². The van der Waals surface area contributed by atoms with Crippen molar-refractivity contribution in [1.82, 2.24) is 5.32 Å². The summed E-state index contributed by atoms with van der Waals surface area (Å²) in [5, 5.41) is 3.10. The van der Waals surface area contributed by atoms with E-state index in [1.54, 1.807) is 0 Å². The number of ether oxygens (including phenoxy) is 1. The van der Waals surface area contributed by atoms with Gasteiger partial charge in [0.15, 0.2) is 9.84 Å². The smallest absolute Gasteiger partial charge is 0.152 e. The summed E-state index contributed by atoms with van der Waals surface area (Å²) in [6, 6.07) is 0. The number of sulfone groups is 1. The largest absolute Gasteiger partial charge is 0.379 e. The molecule has 0 amide bonds. The standard InChI is InChI=1S/C9H21NO3S/c1-3-8-14(11,12)9-7-13-6-5-10-4-2/h10H,3-9H2,1-2H3. The second kappa shape index (κ2) is 8.20. The van der Waals surface area contributed by atoms with E-state index in [2.05, 4.69) is 5.32 Å². The van der Waals surface area contributed by atoms with Crippen LogP contribution in [0.3, 0.4) is 0 Å². The predicted octanol–water partition coefficient (Wildman–Crippen LogP) is 0.437. The van der Waals surface area contributed by atoms with Crippen molar-refractivity contribution in [1.29, 1.82) is 0 Å². The van der Waals surface area contributed by atoms with Gasteiger partial charge in [0, 0.05) is 12.3 Å². The lowest BCUT2D eigenvalue weighted by Gasteiger charge is -2.05. The highest BCUT2D eigenvalue weighted by atomic mass is 32.2. The Morgan fingerprint density at radius 3 is 2.43 bits per heavy atom. The molecule has 0 rings (SSSR count). The Labute approximate surface area is 86.9 Å². The molecule has 0 heterocycles. The second-order valence-corrected chi connectivity index (χ2v) is 5.42. The van der Waals surface area contributed by atoms with E-state index in [9.17, 15) is 8.42 Å². The van der Waals surface area contributed by atoms with E-state index in [0.29, 0.717) is 19.6 Å². The molecule has 0 fully saturated rings. The first kappa shape index (κ1) is 13.9. The molecule has 4 nitrogen and oxygen atoms in total. The Kier molecular flexibility index (Phi) is 8.12. The molecule has 0 aliphatic rings. The summed E-state index contributed by atoms with van der Waals surface area (Å²) in [6.07, 6.45) is 0.680. The minimum absolute atomic E-state index is 0.146. The van der Waals surface area contributed by atoms with Crippen LogP contribution in [0.4, 0.5) is 0 Å². The van der Waals surface area contributed by atoms with Gasteiger partial charge in [0.25, 0.3) is 0 Å². The molecule has 0 aromatic carbocycles. The number of nitrogens with one attached hydrogen (secondary N) is 1. The third-order valence-corrected chi connectivity index (χ3v) is 3.55. The highest BCUT2D eigenvalue weighted by molar-refractivity contribution is 7.91. The highest BCUT2D eigenvalue weighted by Crippen LogP contribution is 1.93. The molecule has 0 atom stereocenters. The summed E-state index contributed by atoms with van der Waals surface area (Å²) in [4.78, 5) is 0.